The van der Waals surface area contributed by atoms with Crippen LogP contribution >= 0.6 is 0 Å². The van der Waals surface area contributed by atoms with E-state index in [0.717, 1.165) is 0 Å². The summed E-state index contributed by atoms with van der Waals surface area (Å²) in [7, 11) is 0. The van der Waals surface area contributed by atoms with Gasteiger partial charge in [-0.3, -0.25) is 0 Å². The van der Waals surface area contributed by atoms with Crippen LogP contribution in [0.3, 0.4) is 0 Å². The van der Waals surface area contributed by atoms with Crippen molar-refractivity contribution in [3.63, 3.8) is 0 Å². The third kappa shape index (κ3) is 0.846. The lowest BCUT2D eigenvalue weighted by atomic mass is 9.85. The Morgan fingerprint density at radius 3 is 2.43 bits per heavy atom. The molecule has 0 N–H and O–H groups in total. The van der Waals surface area contributed by atoms with Crippen LogP contribution in [0.4, 0.5) is 0 Å². The highest BCUT2D eigenvalue weighted by atomic mass is 14.2. The van der Waals surface area contributed by atoms with Gasteiger partial charge in [-0.05, 0) is 25.2 Å². The van der Waals surface area contributed by atoms with Crippen LogP contribution in [-0.4, -0.2) is 0 Å². The van der Waals surface area contributed by atoms with Crippen molar-refractivity contribution in [2.75, 3.05) is 0 Å². The summed E-state index contributed by atoms with van der Waals surface area (Å²) in [5, 5.41) is 0. The smallest absolute Gasteiger partial charge is 0.0170 e. The monoisotopic (exact) mass is 94.1 g/mol. The van der Waals surface area contributed by atoms with Crippen molar-refractivity contribution in [3.8, 4) is 0 Å². The maximum absolute atomic E-state index is 5.55. The number of hydrogen-bond acceptors (Lipinski definition) is 0. The Kier molecular flexibility index (Phi) is 1.18. The molecule has 0 heteroatoms. The second-order valence-electron chi connectivity index (χ2n) is 2.19. The zero-order chi connectivity index (χ0) is 5.28. The predicted octanol–water partition coefficient (Wildman–Crippen LogP) is 1.91. The maximum Gasteiger partial charge on any atom is -0.0170 e. The molecule has 2 radical (unpaired) electrons. The lowest BCUT2D eigenvalue weighted by Crippen LogP contribution is -2.09. The molecule has 0 aliphatic heterocycles. The van der Waals surface area contributed by atoms with E-state index in [0.29, 0.717) is 11.8 Å². The van der Waals surface area contributed by atoms with Gasteiger partial charge >= 0.3 is 0 Å². The molecule has 0 heterocycles. The molecule has 0 aromatic carbocycles. The summed E-state index contributed by atoms with van der Waals surface area (Å²) in [6.45, 7) is 7.60. The first kappa shape index (κ1) is 4.89. The lowest BCUT2D eigenvalue weighted by molar-refractivity contribution is 0.479. The Hall–Kier alpha value is -0.260. The van der Waals surface area contributed by atoms with Crippen molar-refractivity contribution < 1.29 is 0 Å². The molecule has 0 saturated carbocycles. The van der Waals surface area contributed by atoms with Crippen molar-refractivity contribution in [1.82, 2.24) is 0 Å². The van der Waals surface area contributed by atoms with Gasteiger partial charge in [0.15, 0.2) is 0 Å². The van der Waals surface area contributed by atoms with E-state index in [1.54, 1.807) is 0 Å². The summed E-state index contributed by atoms with van der Waals surface area (Å²) >= 11 is 0. The number of hydrogen-bond donors (Lipinski definition) is 0. The first-order chi connectivity index (χ1) is 3.30. The summed E-state index contributed by atoms with van der Waals surface area (Å²) in [5.74, 6) is 1.05. The Labute approximate surface area is 45.2 Å². The van der Waals surface area contributed by atoms with Gasteiger partial charge in [-0.2, -0.15) is 0 Å². The van der Waals surface area contributed by atoms with Crippen LogP contribution in [0.15, 0.2) is 12.2 Å². The molecule has 0 aromatic heterocycles. The highest BCUT2D eigenvalue weighted by molar-refractivity contribution is 5.03. The van der Waals surface area contributed by atoms with Gasteiger partial charge in [-0.15, -0.1) is 0 Å². The fraction of sp³-hybridized carbons (Fsp3) is 0.571. The first-order valence-electron chi connectivity index (χ1n) is 2.73. The minimum Gasteiger partial charge on any atom is -0.0876 e. The van der Waals surface area contributed by atoms with E-state index in [4.69, 9.17) is 6.92 Å². The molecule has 0 bridgehead atoms. The Morgan fingerprint density at radius 2 is 2.43 bits per heavy atom. The molecule has 2 unspecified atom stereocenters. The average Bonchev–Trinajstić information content (AvgIpc) is 1.23. The van der Waals surface area contributed by atoms with Crippen LogP contribution in [0.25, 0.3) is 0 Å². The Bertz CT molecular complexity index is 80.0. The molecule has 7 heavy (non-hydrogen) atoms. The molecular formula is C7H10. The average molecular weight is 94.2 g/mol. The van der Waals surface area contributed by atoms with Gasteiger partial charge in [0.05, 0.1) is 0 Å². The van der Waals surface area contributed by atoms with Crippen molar-refractivity contribution in [2.24, 2.45) is 11.8 Å². The van der Waals surface area contributed by atoms with E-state index in [9.17, 15) is 0 Å². The van der Waals surface area contributed by atoms with E-state index in [1.807, 2.05) is 6.92 Å². The van der Waals surface area contributed by atoms with Crippen LogP contribution in [-0.2, 0) is 0 Å². The van der Waals surface area contributed by atoms with E-state index < -0.39 is 0 Å². The lowest BCUT2D eigenvalue weighted by Gasteiger charge is -2.20. The van der Waals surface area contributed by atoms with Gasteiger partial charge in [0, 0.05) is 0 Å². The van der Waals surface area contributed by atoms with Gasteiger partial charge in [-0.1, -0.05) is 19.1 Å². The zero-order valence-electron chi connectivity index (χ0n) is 4.59. The SMILES string of the molecule is [CH]C(C)C1C=CC1. The van der Waals surface area contributed by atoms with Crippen molar-refractivity contribution in [1.29, 1.82) is 0 Å². The van der Waals surface area contributed by atoms with Crippen LogP contribution in [0.2, 0.25) is 0 Å². The highest BCUT2D eigenvalue weighted by Gasteiger charge is 2.12. The standard InChI is InChI=1S/C7H10/c1-6(2)7-4-3-5-7/h1,3-4,6-7H,5H2,2H3. The molecule has 2 atom stereocenters. The molecule has 0 amide bonds. The minimum atomic E-state index is 0.366. The predicted molar refractivity (Wildman–Crippen MR) is 30.7 cm³/mol. The van der Waals surface area contributed by atoms with Gasteiger partial charge in [0.1, 0.15) is 0 Å². The van der Waals surface area contributed by atoms with Crippen molar-refractivity contribution in [2.45, 2.75) is 13.3 Å². The van der Waals surface area contributed by atoms with Gasteiger partial charge < -0.3 is 0 Å². The summed E-state index contributed by atoms with van der Waals surface area (Å²) in [5.41, 5.74) is 0. The largest absolute Gasteiger partial charge is 0.0876 e. The quantitative estimate of drug-likeness (QED) is 0.435. The number of allylic oxidation sites excluding steroid dienone is 2. The molecule has 38 valence electrons. The third-order valence-corrected chi connectivity index (χ3v) is 1.47. The van der Waals surface area contributed by atoms with E-state index in [1.165, 1.54) is 6.42 Å². The van der Waals surface area contributed by atoms with Crippen molar-refractivity contribution >= 4 is 0 Å². The molecular weight excluding hydrogens is 84.1 g/mol. The van der Waals surface area contributed by atoms with E-state index in [-0.39, 0.29) is 0 Å². The van der Waals surface area contributed by atoms with Gasteiger partial charge in [0.25, 0.3) is 0 Å². The highest BCUT2D eigenvalue weighted by Crippen LogP contribution is 2.23. The third-order valence-electron chi connectivity index (χ3n) is 1.47. The van der Waals surface area contributed by atoms with Crippen LogP contribution in [0.1, 0.15) is 13.3 Å². The number of rotatable bonds is 1. The summed E-state index contributed by atoms with van der Waals surface area (Å²) < 4.78 is 0. The van der Waals surface area contributed by atoms with Crippen LogP contribution in [0, 0.1) is 18.8 Å². The van der Waals surface area contributed by atoms with E-state index >= 15 is 0 Å². The molecule has 0 nitrogen and oxygen atoms in total. The fourth-order valence-electron chi connectivity index (χ4n) is 0.683. The Balaban J connectivity index is 2.29. The summed E-state index contributed by atoms with van der Waals surface area (Å²) in [4.78, 5) is 0. The second-order valence-corrected chi connectivity index (χ2v) is 2.19. The fourth-order valence-corrected chi connectivity index (χ4v) is 0.683. The van der Waals surface area contributed by atoms with Gasteiger partial charge in [0.2, 0.25) is 0 Å². The molecule has 1 rings (SSSR count). The molecule has 1 aliphatic carbocycles. The molecule has 0 aromatic rings. The first-order valence-corrected chi connectivity index (χ1v) is 2.73. The summed E-state index contributed by atoms with van der Waals surface area (Å²) in [6.07, 6.45) is 5.52. The normalized spacial score (nSPS) is 28.1. The zero-order valence-corrected chi connectivity index (χ0v) is 4.59. The maximum atomic E-state index is 5.55. The second kappa shape index (κ2) is 1.69. The van der Waals surface area contributed by atoms with Crippen molar-refractivity contribution in [3.05, 3.63) is 19.1 Å². The topological polar surface area (TPSA) is 0 Å². The van der Waals surface area contributed by atoms with Crippen LogP contribution in [0.5, 0.6) is 0 Å². The molecule has 0 spiro atoms. The summed E-state index contributed by atoms with van der Waals surface area (Å²) in [6, 6.07) is 0. The Morgan fingerprint density at radius 1 is 1.86 bits per heavy atom. The van der Waals surface area contributed by atoms with E-state index in [2.05, 4.69) is 12.2 Å². The van der Waals surface area contributed by atoms with Gasteiger partial charge in [-0.25, -0.2) is 0 Å². The molecule has 1 aliphatic rings. The molecule has 0 fully saturated rings. The molecule has 0 saturated heterocycles. The van der Waals surface area contributed by atoms with Crippen LogP contribution < -0.4 is 0 Å². The minimum absolute atomic E-state index is 0.366.